The Morgan fingerprint density at radius 3 is 2.48 bits per heavy atom. The summed E-state index contributed by atoms with van der Waals surface area (Å²) in [5.74, 6) is -0.668. The van der Waals surface area contributed by atoms with Gasteiger partial charge in [0.2, 0.25) is 0 Å². The number of carbonyl (C=O) groups excluding carboxylic acids is 1. The molecule has 1 unspecified atom stereocenters. The molecule has 0 saturated heterocycles. The van der Waals surface area contributed by atoms with E-state index in [-0.39, 0.29) is 5.56 Å². The Labute approximate surface area is 189 Å². The molecule has 5 rings (SSSR count). The zero-order chi connectivity index (χ0) is 23.1. The number of amides is 1. The van der Waals surface area contributed by atoms with Crippen LogP contribution in [0.3, 0.4) is 0 Å². The van der Waals surface area contributed by atoms with Gasteiger partial charge >= 0.3 is 0 Å². The van der Waals surface area contributed by atoms with Gasteiger partial charge in [0, 0.05) is 40.3 Å². The molecule has 1 aliphatic rings. The molecule has 0 saturated carbocycles. The van der Waals surface area contributed by atoms with E-state index in [0.29, 0.717) is 18.7 Å². The van der Waals surface area contributed by atoms with Crippen molar-refractivity contribution >= 4 is 16.8 Å². The normalized spacial score (nSPS) is 15.4. The molecule has 1 amide bonds. The molecule has 1 aromatic heterocycles. The van der Waals surface area contributed by atoms with E-state index < -0.39 is 23.6 Å². The zero-order valence-corrected chi connectivity index (χ0v) is 18.2. The number of nitrogens with zero attached hydrogens (tertiary/aromatic N) is 1. The van der Waals surface area contributed by atoms with Crippen molar-refractivity contribution in [3.8, 4) is 11.5 Å². The summed E-state index contributed by atoms with van der Waals surface area (Å²) in [6, 6.07) is 15.6. The minimum absolute atomic E-state index is 0.0337. The van der Waals surface area contributed by atoms with Gasteiger partial charge in [-0.05, 0) is 48.4 Å². The molecule has 0 spiro atoms. The zero-order valence-electron chi connectivity index (χ0n) is 18.2. The lowest BCUT2D eigenvalue weighted by molar-refractivity contribution is 0.0689. The predicted molar refractivity (Wildman–Crippen MR) is 121 cm³/mol. The lowest BCUT2D eigenvalue weighted by Crippen LogP contribution is -2.40. The lowest BCUT2D eigenvalue weighted by atomic mass is 9.91. The van der Waals surface area contributed by atoms with Crippen molar-refractivity contribution in [1.82, 2.24) is 9.88 Å². The number of aromatic nitrogens is 1. The van der Waals surface area contributed by atoms with Crippen molar-refractivity contribution in [2.45, 2.75) is 12.5 Å². The van der Waals surface area contributed by atoms with Crippen molar-refractivity contribution in [3.05, 3.63) is 94.7 Å². The molecule has 2 heterocycles. The monoisotopic (exact) mass is 448 g/mol. The molecular weight excluding hydrogens is 426 g/mol. The van der Waals surface area contributed by atoms with E-state index in [4.69, 9.17) is 9.47 Å². The first kappa shape index (κ1) is 21.0. The largest absolute Gasteiger partial charge is 0.497 e. The minimum Gasteiger partial charge on any atom is -0.497 e. The lowest BCUT2D eigenvalue weighted by Gasteiger charge is -2.37. The number of hydrogen-bond donors (Lipinski definition) is 1. The molecule has 0 aliphatic carbocycles. The molecule has 0 radical (unpaired) electrons. The first-order valence-corrected chi connectivity index (χ1v) is 10.6. The number of H-pyrrole nitrogens is 1. The number of hydrogen-bond acceptors (Lipinski definition) is 3. The van der Waals surface area contributed by atoms with E-state index in [1.165, 1.54) is 0 Å². The number of methoxy groups -OCH3 is 2. The summed E-state index contributed by atoms with van der Waals surface area (Å²) in [6.07, 6.45) is 0.581. The van der Waals surface area contributed by atoms with Gasteiger partial charge in [-0.15, -0.1) is 0 Å². The molecule has 0 bridgehead atoms. The minimum atomic E-state index is -0.789. The third kappa shape index (κ3) is 3.59. The molecule has 33 heavy (non-hydrogen) atoms. The van der Waals surface area contributed by atoms with Crippen LogP contribution in [0.15, 0.2) is 60.7 Å². The number of rotatable bonds is 4. The van der Waals surface area contributed by atoms with Gasteiger partial charge in [-0.2, -0.15) is 0 Å². The summed E-state index contributed by atoms with van der Waals surface area (Å²) in [7, 11) is 3.20. The van der Waals surface area contributed by atoms with E-state index in [1.54, 1.807) is 19.1 Å². The third-order valence-electron chi connectivity index (χ3n) is 6.14. The van der Waals surface area contributed by atoms with Crippen LogP contribution in [0, 0.1) is 11.6 Å². The van der Waals surface area contributed by atoms with E-state index >= 15 is 0 Å². The van der Waals surface area contributed by atoms with Crippen LogP contribution in [0.5, 0.6) is 11.5 Å². The maximum absolute atomic E-state index is 13.9. The average molecular weight is 448 g/mol. The average Bonchev–Trinajstić information content (AvgIpc) is 3.20. The molecule has 5 nitrogen and oxygen atoms in total. The summed E-state index contributed by atoms with van der Waals surface area (Å²) >= 11 is 0. The van der Waals surface area contributed by atoms with Crippen LogP contribution < -0.4 is 9.47 Å². The van der Waals surface area contributed by atoms with Crippen LogP contribution >= 0.6 is 0 Å². The third-order valence-corrected chi connectivity index (χ3v) is 6.14. The summed E-state index contributed by atoms with van der Waals surface area (Å²) in [6.45, 7) is 0.372. The van der Waals surface area contributed by atoms with Gasteiger partial charge in [0.05, 0.1) is 14.2 Å². The van der Waals surface area contributed by atoms with Gasteiger partial charge in [-0.25, -0.2) is 8.78 Å². The van der Waals surface area contributed by atoms with Crippen molar-refractivity contribution in [3.63, 3.8) is 0 Å². The van der Waals surface area contributed by atoms with Crippen LogP contribution in [0.25, 0.3) is 10.9 Å². The van der Waals surface area contributed by atoms with Crippen molar-refractivity contribution in [2.75, 3.05) is 20.8 Å². The van der Waals surface area contributed by atoms with Crippen molar-refractivity contribution in [2.24, 2.45) is 0 Å². The van der Waals surface area contributed by atoms with Crippen LogP contribution in [0.4, 0.5) is 8.78 Å². The number of ether oxygens (including phenoxy) is 2. The summed E-state index contributed by atoms with van der Waals surface area (Å²) in [4.78, 5) is 18.6. The number of benzene rings is 3. The maximum atomic E-state index is 13.9. The van der Waals surface area contributed by atoms with E-state index in [0.717, 1.165) is 51.7 Å². The van der Waals surface area contributed by atoms with Crippen LogP contribution in [-0.4, -0.2) is 36.6 Å². The number of fused-ring (bicyclic) bond motifs is 3. The SMILES string of the molecule is COc1ccc2[nH]c3c(c2c1)CCN(C(=O)c1cc(F)cc(F)c1)C3c1ccccc1OC. The topological polar surface area (TPSA) is 54.6 Å². The van der Waals surface area contributed by atoms with Crippen molar-refractivity contribution in [1.29, 1.82) is 0 Å². The highest BCUT2D eigenvalue weighted by molar-refractivity contribution is 5.96. The summed E-state index contributed by atoms with van der Waals surface area (Å²) in [5.41, 5.74) is 3.60. The van der Waals surface area contributed by atoms with Gasteiger partial charge < -0.3 is 19.4 Å². The Hall–Kier alpha value is -3.87. The fraction of sp³-hybridized carbons (Fsp3) is 0.192. The molecule has 3 aromatic carbocycles. The quantitative estimate of drug-likeness (QED) is 0.464. The predicted octanol–water partition coefficient (Wildman–Crippen LogP) is 5.25. The maximum Gasteiger partial charge on any atom is 0.254 e. The number of para-hydroxylation sites is 1. The first-order chi connectivity index (χ1) is 16.0. The number of carbonyl (C=O) groups is 1. The second-order valence-electron chi connectivity index (χ2n) is 7.98. The molecule has 0 fully saturated rings. The molecule has 1 N–H and O–H groups in total. The molecule has 1 aliphatic heterocycles. The molecule has 4 aromatic rings. The van der Waals surface area contributed by atoms with Crippen LogP contribution in [0.2, 0.25) is 0 Å². The highest BCUT2D eigenvalue weighted by Crippen LogP contribution is 2.42. The summed E-state index contributed by atoms with van der Waals surface area (Å²) < 4.78 is 38.8. The Kier molecular flexibility index (Phi) is 5.24. The van der Waals surface area contributed by atoms with E-state index in [1.807, 2.05) is 42.5 Å². The standard InChI is InChI=1S/C26H22F2N2O3/c1-32-18-7-8-22-21(14-18)19-9-10-30(26(31)15-11-16(27)13-17(28)12-15)25(24(19)29-22)20-5-3-4-6-23(20)33-2/h3-8,11-14,25,29H,9-10H2,1-2H3. The van der Waals surface area contributed by atoms with Gasteiger partial charge in [0.25, 0.3) is 5.91 Å². The van der Waals surface area contributed by atoms with E-state index in [2.05, 4.69) is 4.98 Å². The Morgan fingerprint density at radius 1 is 1.00 bits per heavy atom. The van der Waals surface area contributed by atoms with Gasteiger partial charge in [0.1, 0.15) is 29.2 Å². The fourth-order valence-corrected chi connectivity index (χ4v) is 4.67. The van der Waals surface area contributed by atoms with Gasteiger partial charge in [0.15, 0.2) is 0 Å². The molecular formula is C26H22F2N2O3. The van der Waals surface area contributed by atoms with E-state index in [9.17, 15) is 13.6 Å². The highest BCUT2D eigenvalue weighted by atomic mass is 19.1. The van der Waals surface area contributed by atoms with Crippen LogP contribution in [0.1, 0.15) is 33.2 Å². The van der Waals surface area contributed by atoms with Gasteiger partial charge in [-0.1, -0.05) is 18.2 Å². The number of halogens is 2. The first-order valence-electron chi connectivity index (χ1n) is 10.6. The Balaban J connectivity index is 1.70. The van der Waals surface area contributed by atoms with Gasteiger partial charge in [-0.3, -0.25) is 4.79 Å². The Morgan fingerprint density at radius 2 is 1.76 bits per heavy atom. The highest BCUT2D eigenvalue weighted by Gasteiger charge is 2.36. The number of nitrogens with one attached hydrogen (secondary N) is 1. The molecule has 168 valence electrons. The smallest absolute Gasteiger partial charge is 0.254 e. The fourth-order valence-electron chi connectivity index (χ4n) is 4.67. The van der Waals surface area contributed by atoms with Crippen LogP contribution in [-0.2, 0) is 6.42 Å². The molecule has 1 atom stereocenters. The number of aromatic amines is 1. The molecule has 7 heteroatoms. The summed E-state index contributed by atoms with van der Waals surface area (Å²) in [5, 5.41) is 1.02. The second kappa shape index (κ2) is 8.24. The second-order valence-corrected chi connectivity index (χ2v) is 7.98. The van der Waals surface area contributed by atoms with Crippen molar-refractivity contribution < 1.29 is 23.0 Å². The Bertz CT molecular complexity index is 1340.